The zero-order valence-electron chi connectivity index (χ0n) is 11.8. The second-order valence-corrected chi connectivity index (χ2v) is 5.89. The number of aromatic nitrogens is 2. The summed E-state index contributed by atoms with van der Waals surface area (Å²) in [6, 6.07) is 7.53. The highest BCUT2D eigenvalue weighted by Gasteiger charge is 2.15. The number of rotatable bonds is 4. The summed E-state index contributed by atoms with van der Waals surface area (Å²) in [5, 5.41) is 8.85. The van der Waals surface area contributed by atoms with Crippen LogP contribution in [0, 0.1) is 17.4 Å². The van der Waals surface area contributed by atoms with Gasteiger partial charge in [0.25, 0.3) is 0 Å². The number of carboxylic acid groups (broad SMARTS) is 1. The first-order valence-electron chi connectivity index (χ1n) is 6.47. The summed E-state index contributed by atoms with van der Waals surface area (Å²) in [5.74, 6) is -0.860. The average molecular weight is 398 g/mol. The van der Waals surface area contributed by atoms with Crippen LogP contribution in [0.3, 0.4) is 0 Å². The molecule has 110 valence electrons. The van der Waals surface area contributed by atoms with E-state index < -0.39 is 5.97 Å². The minimum Gasteiger partial charge on any atom is -0.481 e. The molecule has 0 spiro atoms. The van der Waals surface area contributed by atoms with Crippen LogP contribution < -0.4 is 5.69 Å². The predicted octanol–water partition coefficient (Wildman–Crippen LogP) is 2.47. The Morgan fingerprint density at radius 1 is 1.33 bits per heavy atom. The van der Waals surface area contributed by atoms with Crippen LogP contribution in [0.25, 0.3) is 5.69 Å². The Balaban J connectivity index is 2.62. The van der Waals surface area contributed by atoms with E-state index >= 15 is 0 Å². The normalized spacial score (nSPS) is 10.6. The Bertz CT molecular complexity index is 753. The maximum Gasteiger partial charge on any atom is 0.352 e. The monoisotopic (exact) mass is 398 g/mol. The maximum atomic E-state index is 12.2. The van der Waals surface area contributed by atoms with Crippen LogP contribution >= 0.6 is 22.6 Å². The van der Waals surface area contributed by atoms with Crippen LogP contribution in [0.1, 0.15) is 23.4 Å². The number of aryl methyl sites for hydroxylation is 1. The van der Waals surface area contributed by atoms with E-state index in [-0.39, 0.29) is 12.1 Å². The topological polar surface area (TPSA) is 72.2 Å². The lowest BCUT2D eigenvalue weighted by Crippen LogP contribution is -2.27. The molecular weight excluding hydrogens is 383 g/mol. The first-order chi connectivity index (χ1) is 9.91. The minimum absolute atomic E-state index is 0.0213. The van der Waals surface area contributed by atoms with Crippen molar-refractivity contribution in [3.05, 3.63) is 55.3 Å². The summed E-state index contributed by atoms with van der Waals surface area (Å²) < 4.78 is 2.49. The first kappa shape index (κ1) is 15.7. The van der Waals surface area contributed by atoms with E-state index in [0.29, 0.717) is 12.1 Å². The second-order valence-electron chi connectivity index (χ2n) is 4.72. The quantitative estimate of drug-likeness (QED) is 0.804. The molecule has 0 aliphatic heterocycles. The van der Waals surface area contributed by atoms with Crippen LogP contribution in [-0.2, 0) is 11.2 Å². The number of hydrogen-bond acceptors (Lipinski definition) is 3. The summed E-state index contributed by atoms with van der Waals surface area (Å²) in [7, 11) is 0. The fourth-order valence-corrected chi connectivity index (χ4v) is 2.94. The molecule has 0 amide bonds. The van der Waals surface area contributed by atoms with Crippen molar-refractivity contribution in [3.63, 3.8) is 0 Å². The molecule has 0 unspecified atom stereocenters. The highest BCUT2D eigenvalue weighted by molar-refractivity contribution is 14.1. The molecule has 1 aromatic heterocycles. The van der Waals surface area contributed by atoms with Gasteiger partial charge in [-0.3, -0.25) is 9.36 Å². The Morgan fingerprint density at radius 2 is 2.00 bits per heavy atom. The van der Waals surface area contributed by atoms with Crippen LogP contribution in [0.5, 0.6) is 0 Å². The van der Waals surface area contributed by atoms with E-state index in [0.717, 1.165) is 20.5 Å². The predicted molar refractivity (Wildman–Crippen MR) is 88.0 cm³/mol. The van der Waals surface area contributed by atoms with Gasteiger partial charge in [-0.15, -0.1) is 0 Å². The number of nitrogens with zero attached hydrogens (tertiary/aromatic N) is 2. The standard InChI is InChI=1S/C15H15IN2O3/c1-9-11(7-8-14(19)20)10(2)18(15(21)17-9)13-6-4-3-5-12(13)16/h3-6H,7-8H2,1-2H3,(H,19,20). The van der Waals surface area contributed by atoms with Crippen molar-refractivity contribution < 1.29 is 9.90 Å². The number of carboxylic acids is 1. The van der Waals surface area contributed by atoms with Gasteiger partial charge < -0.3 is 5.11 Å². The maximum absolute atomic E-state index is 12.2. The van der Waals surface area contributed by atoms with Crippen LogP contribution in [0.4, 0.5) is 0 Å². The number of aliphatic carboxylic acids is 1. The van der Waals surface area contributed by atoms with Gasteiger partial charge in [-0.25, -0.2) is 4.79 Å². The molecule has 0 aliphatic rings. The fourth-order valence-electron chi connectivity index (χ4n) is 2.31. The number of carbonyl (C=O) groups is 1. The molecule has 0 saturated carbocycles. The molecule has 2 aromatic rings. The van der Waals surface area contributed by atoms with Crippen LogP contribution in [-0.4, -0.2) is 20.6 Å². The third kappa shape index (κ3) is 3.31. The van der Waals surface area contributed by atoms with Gasteiger partial charge in [0, 0.05) is 21.4 Å². The van der Waals surface area contributed by atoms with Crippen LogP contribution in [0.2, 0.25) is 0 Å². The fraction of sp³-hybridized carbons (Fsp3) is 0.267. The van der Waals surface area contributed by atoms with E-state index in [1.54, 1.807) is 11.5 Å². The number of hydrogen-bond donors (Lipinski definition) is 1. The van der Waals surface area contributed by atoms with E-state index in [1.807, 2.05) is 31.2 Å². The van der Waals surface area contributed by atoms with Crippen molar-refractivity contribution in [2.45, 2.75) is 26.7 Å². The molecule has 0 aliphatic carbocycles. The van der Waals surface area contributed by atoms with Gasteiger partial charge in [-0.2, -0.15) is 4.98 Å². The third-order valence-electron chi connectivity index (χ3n) is 3.35. The van der Waals surface area contributed by atoms with Gasteiger partial charge in [0.05, 0.1) is 5.69 Å². The van der Waals surface area contributed by atoms with E-state index in [2.05, 4.69) is 27.6 Å². The zero-order chi connectivity index (χ0) is 15.6. The highest BCUT2D eigenvalue weighted by atomic mass is 127. The van der Waals surface area contributed by atoms with Gasteiger partial charge in [0.2, 0.25) is 0 Å². The van der Waals surface area contributed by atoms with Crippen molar-refractivity contribution >= 4 is 28.6 Å². The van der Waals surface area contributed by atoms with E-state index in [4.69, 9.17) is 5.11 Å². The number of para-hydroxylation sites is 1. The largest absolute Gasteiger partial charge is 0.481 e. The second kappa shape index (κ2) is 6.38. The molecule has 0 radical (unpaired) electrons. The third-order valence-corrected chi connectivity index (χ3v) is 4.26. The lowest BCUT2D eigenvalue weighted by atomic mass is 10.1. The van der Waals surface area contributed by atoms with Gasteiger partial charge in [0.15, 0.2) is 0 Å². The Labute approximate surface area is 135 Å². The molecule has 5 nitrogen and oxygen atoms in total. The summed E-state index contributed by atoms with van der Waals surface area (Å²) in [5.41, 5.74) is 2.59. The Hall–Kier alpha value is -1.70. The molecule has 0 atom stereocenters. The lowest BCUT2D eigenvalue weighted by molar-refractivity contribution is -0.136. The molecule has 1 N–H and O–H groups in total. The van der Waals surface area contributed by atoms with Crippen molar-refractivity contribution in [2.75, 3.05) is 0 Å². The van der Waals surface area contributed by atoms with Crippen molar-refractivity contribution in [2.24, 2.45) is 0 Å². The van der Waals surface area contributed by atoms with Crippen molar-refractivity contribution in [1.29, 1.82) is 0 Å². The Morgan fingerprint density at radius 3 is 2.62 bits per heavy atom. The molecule has 1 heterocycles. The molecule has 1 aromatic carbocycles. The molecule has 2 rings (SSSR count). The molecule has 21 heavy (non-hydrogen) atoms. The van der Waals surface area contributed by atoms with Gasteiger partial charge in [-0.1, -0.05) is 12.1 Å². The summed E-state index contributed by atoms with van der Waals surface area (Å²) in [6.07, 6.45) is 0.386. The summed E-state index contributed by atoms with van der Waals surface area (Å²) in [4.78, 5) is 27.1. The van der Waals surface area contributed by atoms with Crippen LogP contribution in [0.15, 0.2) is 29.1 Å². The molecule has 0 bridgehead atoms. The van der Waals surface area contributed by atoms with E-state index in [9.17, 15) is 9.59 Å². The van der Waals surface area contributed by atoms with Gasteiger partial charge in [0.1, 0.15) is 0 Å². The smallest absolute Gasteiger partial charge is 0.352 e. The average Bonchev–Trinajstić information content (AvgIpc) is 2.40. The van der Waals surface area contributed by atoms with Crippen molar-refractivity contribution in [1.82, 2.24) is 9.55 Å². The first-order valence-corrected chi connectivity index (χ1v) is 7.55. The lowest BCUT2D eigenvalue weighted by Gasteiger charge is -2.16. The summed E-state index contributed by atoms with van der Waals surface area (Å²) in [6.45, 7) is 3.57. The zero-order valence-corrected chi connectivity index (χ0v) is 13.9. The molecular formula is C15H15IN2O3. The highest BCUT2D eigenvalue weighted by Crippen LogP contribution is 2.20. The molecule has 0 fully saturated rings. The number of halogens is 1. The van der Waals surface area contributed by atoms with Gasteiger partial charge >= 0.3 is 11.7 Å². The molecule has 6 heteroatoms. The van der Waals surface area contributed by atoms with Gasteiger partial charge in [-0.05, 0) is 60.6 Å². The van der Waals surface area contributed by atoms with Crippen molar-refractivity contribution in [3.8, 4) is 5.69 Å². The Kier molecular flexibility index (Phi) is 4.76. The number of benzene rings is 1. The minimum atomic E-state index is -0.860. The summed E-state index contributed by atoms with van der Waals surface area (Å²) >= 11 is 2.17. The SMILES string of the molecule is Cc1nc(=O)n(-c2ccccc2I)c(C)c1CCC(=O)O. The molecule has 0 saturated heterocycles. The van der Waals surface area contributed by atoms with E-state index in [1.165, 1.54) is 0 Å².